The van der Waals surface area contributed by atoms with Gasteiger partial charge in [-0.05, 0) is 0 Å². The Balaban J connectivity index is 2.36. The van der Waals surface area contributed by atoms with Gasteiger partial charge < -0.3 is 15.2 Å². The first kappa shape index (κ1) is 13.2. The molecule has 0 aromatic heterocycles. The van der Waals surface area contributed by atoms with Crippen molar-refractivity contribution in [1.82, 2.24) is 5.32 Å². The summed E-state index contributed by atoms with van der Waals surface area (Å²) in [4.78, 5) is 10.4. The van der Waals surface area contributed by atoms with E-state index in [1.54, 1.807) is 0 Å². The molecule has 1 saturated heterocycles. The molecule has 0 saturated carbocycles. The van der Waals surface area contributed by atoms with Crippen molar-refractivity contribution in [2.45, 2.75) is 13.1 Å². The zero-order valence-corrected chi connectivity index (χ0v) is 8.80. The summed E-state index contributed by atoms with van der Waals surface area (Å²) < 4.78 is 41.7. The minimum Gasteiger partial charge on any atom is -0.481 e. The van der Waals surface area contributed by atoms with Gasteiger partial charge in [-0.1, -0.05) is 6.92 Å². The van der Waals surface area contributed by atoms with Crippen LogP contribution in [0.25, 0.3) is 0 Å². The molecule has 1 unspecified atom stereocenters. The average Bonchev–Trinajstić information content (AvgIpc) is 2.06. The van der Waals surface area contributed by atoms with Crippen LogP contribution in [0, 0.1) is 11.3 Å². The van der Waals surface area contributed by atoms with Crippen LogP contribution in [0.15, 0.2) is 0 Å². The number of halogens is 3. The van der Waals surface area contributed by atoms with Gasteiger partial charge >= 0.3 is 12.1 Å². The van der Waals surface area contributed by atoms with Crippen LogP contribution in [-0.4, -0.2) is 43.6 Å². The molecule has 0 aromatic rings. The van der Waals surface area contributed by atoms with E-state index >= 15 is 0 Å². The minimum atomic E-state index is -4.71. The molecule has 1 aliphatic heterocycles. The quantitative estimate of drug-likeness (QED) is 0.750. The Morgan fingerprint density at radius 3 is 2.44 bits per heavy atom. The summed E-state index contributed by atoms with van der Waals surface area (Å²) in [6, 6.07) is 0. The molecule has 0 bridgehead atoms. The number of carboxylic acids is 1. The summed E-state index contributed by atoms with van der Waals surface area (Å²) in [6.45, 7) is 2.57. The normalized spacial score (nSPS) is 21.2. The Morgan fingerprint density at radius 2 is 2.12 bits per heavy atom. The molecule has 1 rings (SSSR count). The zero-order chi connectivity index (χ0) is 12.4. The van der Waals surface area contributed by atoms with Crippen LogP contribution >= 0.6 is 0 Å². The third kappa shape index (κ3) is 3.34. The first-order valence-corrected chi connectivity index (χ1v) is 4.83. The number of aliphatic carboxylic acids is 1. The van der Waals surface area contributed by atoms with Gasteiger partial charge in [0, 0.05) is 18.5 Å². The van der Waals surface area contributed by atoms with Crippen molar-refractivity contribution in [2.75, 3.05) is 26.3 Å². The molecule has 0 amide bonds. The van der Waals surface area contributed by atoms with Gasteiger partial charge in [0.05, 0.1) is 13.2 Å². The monoisotopic (exact) mass is 241 g/mol. The van der Waals surface area contributed by atoms with Gasteiger partial charge in [0.1, 0.15) is 0 Å². The molecule has 0 radical (unpaired) electrons. The molecule has 0 aliphatic carbocycles. The Kier molecular flexibility index (Phi) is 3.80. The van der Waals surface area contributed by atoms with E-state index in [0.29, 0.717) is 19.8 Å². The van der Waals surface area contributed by atoms with Crippen molar-refractivity contribution >= 4 is 5.97 Å². The molecular weight excluding hydrogens is 227 g/mol. The highest BCUT2D eigenvalue weighted by Crippen LogP contribution is 2.27. The molecule has 94 valence electrons. The van der Waals surface area contributed by atoms with Gasteiger partial charge in [-0.3, -0.25) is 4.79 Å². The Bertz CT molecular complexity index is 263. The van der Waals surface area contributed by atoms with Crippen molar-refractivity contribution in [1.29, 1.82) is 0 Å². The Morgan fingerprint density at radius 1 is 1.56 bits per heavy atom. The van der Waals surface area contributed by atoms with E-state index in [4.69, 9.17) is 9.84 Å². The maximum Gasteiger partial charge on any atom is 0.403 e. The highest BCUT2D eigenvalue weighted by atomic mass is 19.4. The van der Waals surface area contributed by atoms with Crippen LogP contribution in [-0.2, 0) is 9.53 Å². The first-order chi connectivity index (χ1) is 7.25. The van der Waals surface area contributed by atoms with Gasteiger partial charge in [-0.25, -0.2) is 0 Å². The van der Waals surface area contributed by atoms with Crippen molar-refractivity contribution < 1.29 is 27.8 Å². The van der Waals surface area contributed by atoms with Gasteiger partial charge in [0.15, 0.2) is 5.92 Å². The average molecular weight is 241 g/mol. The number of rotatable bonds is 5. The van der Waals surface area contributed by atoms with Crippen LogP contribution in [0.2, 0.25) is 0 Å². The highest BCUT2D eigenvalue weighted by molar-refractivity contribution is 5.71. The first-order valence-electron chi connectivity index (χ1n) is 4.83. The number of alkyl halides is 3. The largest absolute Gasteiger partial charge is 0.481 e. The summed E-state index contributed by atoms with van der Waals surface area (Å²) in [6.07, 6.45) is -4.71. The van der Waals surface area contributed by atoms with Crippen molar-refractivity contribution in [2.24, 2.45) is 11.3 Å². The number of nitrogens with one attached hydrogen (secondary N) is 1. The minimum absolute atomic E-state index is 0.172. The van der Waals surface area contributed by atoms with Crippen LogP contribution in [0.1, 0.15) is 6.92 Å². The van der Waals surface area contributed by atoms with Gasteiger partial charge in [0.2, 0.25) is 0 Å². The predicted octanol–water partition coefficient (Wildman–Crippen LogP) is 0.876. The Labute approximate surface area is 90.8 Å². The SMILES string of the molecule is CC1(CNCC(C(=O)O)C(F)(F)F)COC1. The van der Waals surface area contributed by atoms with E-state index in [-0.39, 0.29) is 5.41 Å². The third-order valence-corrected chi connectivity index (χ3v) is 2.49. The standard InChI is InChI=1S/C9H14F3NO3/c1-8(4-16-5-8)3-13-2-6(7(14)15)9(10,11)12/h6,13H,2-5H2,1H3,(H,14,15). The predicted molar refractivity (Wildman–Crippen MR) is 49.0 cm³/mol. The molecule has 0 spiro atoms. The molecular formula is C9H14F3NO3. The number of hydrogen-bond donors (Lipinski definition) is 2. The zero-order valence-electron chi connectivity index (χ0n) is 8.80. The lowest BCUT2D eigenvalue weighted by atomic mass is 9.88. The summed E-state index contributed by atoms with van der Waals surface area (Å²) in [5.74, 6) is -4.20. The lowest BCUT2D eigenvalue weighted by Crippen LogP contribution is -2.49. The topological polar surface area (TPSA) is 58.6 Å². The van der Waals surface area contributed by atoms with Gasteiger partial charge in [-0.15, -0.1) is 0 Å². The van der Waals surface area contributed by atoms with Crippen molar-refractivity contribution in [3.63, 3.8) is 0 Å². The fourth-order valence-corrected chi connectivity index (χ4v) is 1.41. The fraction of sp³-hybridized carbons (Fsp3) is 0.889. The second-order valence-electron chi connectivity index (χ2n) is 4.37. The van der Waals surface area contributed by atoms with Crippen LogP contribution in [0.4, 0.5) is 13.2 Å². The molecule has 16 heavy (non-hydrogen) atoms. The van der Waals surface area contributed by atoms with E-state index in [9.17, 15) is 18.0 Å². The molecule has 0 aromatic carbocycles. The van der Waals surface area contributed by atoms with Crippen LogP contribution in [0.5, 0.6) is 0 Å². The molecule has 1 atom stereocenters. The summed E-state index contributed by atoms with van der Waals surface area (Å²) in [7, 11) is 0. The van der Waals surface area contributed by atoms with Gasteiger partial charge in [0.25, 0.3) is 0 Å². The molecule has 7 heteroatoms. The Hall–Kier alpha value is -0.820. The third-order valence-electron chi connectivity index (χ3n) is 2.49. The lowest BCUT2D eigenvalue weighted by molar-refractivity contribution is -0.193. The molecule has 1 fully saturated rings. The number of carboxylic acid groups (broad SMARTS) is 1. The smallest absolute Gasteiger partial charge is 0.403 e. The van der Waals surface area contributed by atoms with Crippen LogP contribution in [0.3, 0.4) is 0 Å². The summed E-state index contributed by atoms with van der Waals surface area (Å²) in [5.41, 5.74) is -0.172. The maximum atomic E-state index is 12.2. The van der Waals surface area contributed by atoms with E-state index in [1.807, 2.05) is 6.92 Å². The van der Waals surface area contributed by atoms with Crippen molar-refractivity contribution in [3.8, 4) is 0 Å². The fourth-order valence-electron chi connectivity index (χ4n) is 1.41. The molecule has 4 nitrogen and oxygen atoms in total. The number of carbonyl (C=O) groups is 1. The van der Waals surface area contributed by atoms with E-state index in [2.05, 4.69) is 5.32 Å². The maximum absolute atomic E-state index is 12.2. The second-order valence-corrected chi connectivity index (χ2v) is 4.37. The van der Waals surface area contributed by atoms with Gasteiger partial charge in [-0.2, -0.15) is 13.2 Å². The van der Waals surface area contributed by atoms with Crippen molar-refractivity contribution in [3.05, 3.63) is 0 Å². The second kappa shape index (κ2) is 4.58. The number of ether oxygens (including phenoxy) is 1. The summed E-state index contributed by atoms with van der Waals surface area (Å²) >= 11 is 0. The van der Waals surface area contributed by atoms with E-state index < -0.39 is 24.6 Å². The molecule has 2 N–H and O–H groups in total. The number of hydrogen-bond acceptors (Lipinski definition) is 3. The molecule has 1 aliphatic rings. The summed E-state index contributed by atoms with van der Waals surface area (Å²) in [5, 5.41) is 11.0. The van der Waals surface area contributed by atoms with E-state index in [0.717, 1.165) is 0 Å². The lowest BCUT2D eigenvalue weighted by Gasteiger charge is -2.38. The van der Waals surface area contributed by atoms with Crippen LogP contribution < -0.4 is 5.32 Å². The molecule has 1 heterocycles. The highest BCUT2D eigenvalue weighted by Gasteiger charge is 2.45. The van der Waals surface area contributed by atoms with E-state index in [1.165, 1.54) is 0 Å².